The number of hydrogen-bond acceptors (Lipinski definition) is 1. The van der Waals surface area contributed by atoms with Crippen LogP contribution in [0, 0.1) is 17.8 Å². The van der Waals surface area contributed by atoms with Crippen LogP contribution in [-0.4, -0.2) is 11.1 Å². The summed E-state index contributed by atoms with van der Waals surface area (Å²) in [6.45, 7) is 4.17. The molecule has 0 spiro atoms. The first kappa shape index (κ1) is 14.0. The minimum absolute atomic E-state index is 0.270. The number of aliphatic carboxylic acids is 1. The van der Waals surface area contributed by atoms with Gasteiger partial charge in [0.25, 0.3) is 0 Å². The molecule has 0 aliphatic heterocycles. The number of rotatable bonds is 7. The molecule has 0 aliphatic rings. The first-order valence-electron chi connectivity index (χ1n) is 5.90. The Labute approximate surface area is 93.1 Å². The Morgan fingerprint density at radius 2 is 1.93 bits per heavy atom. The minimum Gasteiger partial charge on any atom is -0.481 e. The summed E-state index contributed by atoms with van der Waals surface area (Å²) >= 11 is 0. The third-order valence-electron chi connectivity index (χ3n) is 2.37. The molecule has 0 saturated carbocycles. The van der Waals surface area contributed by atoms with Crippen LogP contribution in [0.3, 0.4) is 0 Å². The fourth-order valence-corrected chi connectivity index (χ4v) is 1.41. The van der Waals surface area contributed by atoms with Crippen LogP contribution >= 0.6 is 0 Å². The Morgan fingerprint density at radius 1 is 1.20 bits per heavy atom. The van der Waals surface area contributed by atoms with Crippen molar-refractivity contribution in [3.63, 3.8) is 0 Å². The highest BCUT2D eigenvalue weighted by atomic mass is 16.4. The summed E-state index contributed by atoms with van der Waals surface area (Å²) in [6, 6.07) is 0. The van der Waals surface area contributed by atoms with Gasteiger partial charge in [-0.05, 0) is 12.8 Å². The van der Waals surface area contributed by atoms with Crippen molar-refractivity contribution in [2.75, 3.05) is 0 Å². The van der Waals surface area contributed by atoms with Crippen LogP contribution in [-0.2, 0) is 4.79 Å². The van der Waals surface area contributed by atoms with E-state index in [4.69, 9.17) is 5.11 Å². The highest BCUT2D eigenvalue weighted by Crippen LogP contribution is 2.10. The molecular weight excluding hydrogens is 188 g/mol. The molecule has 0 fully saturated rings. The van der Waals surface area contributed by atoms with E-state index in [2.05, 4.69) is 18.8 Å². The molecule has 86 valence electrons. The van der Waals surface area contributed by atoms with E-state index < -0.39 is 5.97 Å². The van der Waals surface area contributed by atoms with Crippen LogP contribution in [0.2, 0.25) is 0 Å². The van der Waals surface area contributed by atoms with Gasteiger partial charge in [0.15, 0.2) is 0 Å². The van der Waals surface area contributed by atoms with Crippen molar-refractivity contribution in [1.29, 1.82) is 0 Å². The van der Waals surface area contributed by atoms with Crippen molar-refractivity contribution in [1.82, 2.24) is 0 Å². The lowest BCUT2D eigenvalue weighted by Crippen LogP contribution is -2.12. The molecule has 0 radical (unpaired) electrons. The molecule has 0 aliphatic carbocycles. The zero-order valence-corrected chi connectivity index (χ0v) is 9.88. The van der Waals surface area contributed by atoms with Gasteiger partial charge in [0.1, 0.15) is 0 Å². The minimum atomic E-state index is -0.709. The van der Waals surface area contributed by atoms with Gasteiger partial charge in [0, 0.05) is 12.8 Å². The van der Waals surface area contributed by atoms with E-state index in [0.29, 0.717) is 6.42 Å². The van der Waals surface area contributed by atoms with Crippen LogP contribution < -0.4 is 0 Å². The van der Waals surface area contributed by atoms with Gasteiger partial charge in [-0.25, -0.2) is 0 Å². The highest BCUT2D eigenvalue weighted by molar-refractivity contribution is 5.70. The summed E-state index contributed by atoms with van der Waals surface area (Å²) < 4.78 is 0. The third kappa shape index (κ3) is 8.05. The predicted octanol–water partition coefficient (Wildman–Crippen LogP) is 3.46. The fourth-order valence-electron chi connectivity index (χ4n) is 1.41. The van der Waals surface area contributed by atoms with E-state index in [0.717, 1.165) is 25.7 Å². The maximum absolute atomic E-state index is 10.8. The van der Waals surface area contributed by atoms with E-state index in [1.807, 2.05) is 6.92 Å². The molecule has 15 heavy (non-hydrogen) atoms. The van der Waals surface area contributed by atoms with Crippen molar-refractivity contribution in [2.24, 2.45) is 5.92 Å². The Kier molecular flexibility index (Phi) is 8.96. The van der Waals surface area contributed by atoms with Gasteiger partial charge in [0.2, 0.25) is 0 Å². The van der Waals surface area contributed by atoms with Crippen LogP contribution in [0.15, 0.2) is 0 Å². The largest absolute Gasteiger partial charge is 0.481 e. The summed E-state index contributed by atoms with van der Waals surface area (Å²) in [4.78, 5) is 10.8. The van der Waals surface area contributed by atoms with Gasteiger partial charge < -0.3 is 5.11 Å². The lowest BCUT2D eigenvalue weighted by molar-refractivity contribution is -0.141. The number of hydrogen-bond donors (Lipinski definition) is 1. The molecule has 0 aromatic heterocycles. The van der Waals surface area contributed by atoms with E-state index in [1.165, 1.54) is 12.8 Å². The van der Waals surface area contributed by atoms with Crippen molar-refractivity contribution in [3.05, 3.63) is 0 Å². The molecule has 0 saturated heterocycles. The molecule has 1 atom stereocenters. The normalized spacial score (nSPS) is 11.6. The molecule has 0 heterocycles. The van der Waals surface area contributed by atoms with Gasteiger partial charge in [0.05, 0.1) is 5.92 Å². The van der Waals surface area contributed by atoms with E-state index >= 15 is 0 Å². The second-order valence-electron chi connectivity index (χ2n) is 3.84. The lowest BCUT2D eigenvalue weighted by atomic mass is 10.0. The molecule has 0 rings (SSSR count). The molecule has 0 aromatic rings. The smallest absolute Gasteiger partial charge is 0.307 e. The van der Waals surface area contributed by atoms with Crippen LogP contribution in [0.4, 0.5) is 0 Å². The maximum Gasteiger partial charge on any atom is 0.307 e. The third-order valence-corrected chi connectivity index (χ3v) is 2.37. The van der Waals surface area contributed by atoms with Gasteiger partial charge >= 0.3 is 5.97 Å². The molecule has 2 heteroatoms. The first-order chi connectivity index (χ1) is 7.22. The average molecular weight is 210 g/mol. The Hall–Kier alpha value is -0.970. The first-order valence-corrected chi connectivity index (χ1v) is 5.90. The fraction of sp³-hybridized carbons (Fsp3) is 0.769. The highest BCUT2D eigenvalue weighted by Gasteiger charge is 2.13. The van der Waals surface area contributed by atoms with E-state index in [9.17, 15) is 4.79 Å². The zero-order valence-electron chi connectivity index (χ0n) is 9.88. The average Bonchev–Trinajstić information content (AvgIpc) is 2.21. The topological polar surface area (TPSA) is 37.3 Å². The molecule has 0 amide bonds. The monoisotopic (exact) mass is 210 g/mol. The molecule has 0 aromatic carbocycles. The van der Waals surface area contributed by atoms with Crippen LogP contribution in [0.25, 0.3) is 0 Å². The summed E-state index contributed by atoms with van der Waals surface area (Å²) in [5.74, 6) is 5.05. The second-order valence-corrected chi connectivity index (χ2v) is 3.84. The lowest BCUT2D eigenvalue weighted by Gasteiger charge is -2.05. The summed E-state index contributed by atoms with van der Waals surface area (Å²) in [5, 5.41) is 8.88. The zero-order chi connectivity index (χ0) is 11.5. The predicted molar refractivity (Wildman–Crippen MR) is 62.6 cm³/mol. The quantitative estimate of drug-likeness (QED) is 0.516. The molecule has 2 nitrogen and oxygen atoms in total. The van der Waals surface area contributed by atoms with Gasteiger partial charge in [-0.1, -0.05) is 33.1 Å². The van der Waals surface area contributed by atoms with Crippen LogP contribution in [0.1, 0.15) is 58.8 Å². The maximum atomic E-state index is 10.8. The summed E-state index contributed by atoms with van der Waals surface area (Å²) in [7, 11) is 0. The van der Waals surface area contributed by atoms with Crippen LogP contribution in [0.5, 0.6) is 0 Å². The summed E-state index contributed by atoms with van der Waals surface area (Å²) in [6.07, 6.45) is 6.62. The Bertz CT molecular complexity index is 222. The summed E-state index contributed by atoms with van der Waals surface area (Å²) in [5.41, 5.74) is 0. The number of carboxylic acid groups (broad SMARTS) is 1. The van der Waals surface area contributed by atoms with Gasteiger partial charge in [-0.2, -0.15) is 0 Å². The Morgan fingerprint density at radius 3 is 2.47 bits per heavy atom. The van der Waals surface area contributed by atoms with Crippen molar-refractivity contribution >= 4 is 5.97 Å². The van der Waals surface area contributed by atoms with E-state index in [-0.39, 0.29) is 5.92 Å². The van der Waals surface area contributed by atoms with Crippen molar-refractivity contribution < 1.29 is 9.90 Å². The molecule has 0 bridgehead atoms. The van der Waals surface area contributed by atoms with E-state index in [1.54, 1.807) is 0 Å². The number of unbranched alkanes of at least 4 members (excludes halogenated alkanes) is 3. The standard InChI is InChI=1S/C13H22O2/c1-3-5-6-7-8-9-11-12(10-4-2)13(14)15/h12H,3-7,10-11H2,1-2H3,(H,14,15)/t12-/m0/s1. The SMILES string of the molecule is CCCCCC#CC[C@H](CCC)C(=O)O. The van der Waals surface area contributed by atoms with Crippen molar-refractivity contribution in [2.45, 2.75) is 58.8 Å². The molecule has 0 unspecified atom stereocenters. The molecule has 1 N–H and O–H groups in total. The van der Waals surface area contributed by atoms with Gasteiger partial charge in [-0.3, -0.25) is 4.79 Å². The van der Waals surface area contributed by atoms with Gasteiger partial charge in [-0.15, -0.1) is 11.8 Å². The molecular formula is C13H22O2. The number of carbonyl (C=O) groups is 1. The second kappa shape index (κ2) is 9.58. The number of carboxylic acids is 1. The van der Waals surface area contributed by atoms with Crippen molar-refractivity contribution in [3.8, 4) is 11.8 Å². The Balaban J connectivity index is 3.72.